The van der Waals surface area contributed by atoms with Gasteiger partial charge in [0.15, 0.2) is 0 Å². The predicted molar refractivity (Wildman–Crippen MR) is 100 cm³/mol. The normalized spacial score (nSPS) is 13.0. The molecule has 9 heteroatoms. The summed E-state index contributed by atoms with van der Waals surface area (Å²) in [7, 11) is 0. The van der Waals surface area contributed by atoms with Crippen molar-refractivity contribution in [3.05, 3.63) is 58.5 Å². The summed E-state index contributed by atoms with van der Waals surface area (Å²) < 4.78 is 40.5. The van der Waals surface area contributed by atoms with Gasteiger partial charge in [0.2, 0.25) is 5.91 Å². The molecule has 0 saturated carbocycles. The molecule has 0 unspecified atom stereocenters. The molecule has 1 aliphatic heterocycles. The predicted octanol–water partition coefficient (Wildman–Crippen LogP) is 2.84. The number of aromatic nitrogens is 1. The first kappa shape index (κ1) is 20.6. The van der Waals surface area contributed by atoms with Crippen LogP contribution in [0, 0.1) is 23.4 Å². The summed E-state index contributed by atoms with van der Waals surface area (Å²) in [5, 5.41) is 5.55. The van der Waals surface area contributed by atoms with Gasteiger partial charge >= 0.3 is 0 Å². The summed E-state index contributed by atoms with van der Waals surface area (Å²) in [5.41, 5.74) is 0.687. The first-order valence-corrected chi connectivity index (χ1v) is 9.20. The van der Waals surface area contributed by atoms with E-state index in [1.54, 1.807) is 30.9 Å². The standard InChI is InChI=1S/C20H21F3N4O2/c1-11(2)19(28)24-5-6-27-10-17-13(20(27)29)3-4-18(26-17)25-9-14-15(22)7-12(21)8-16(14)23/h3-4,7-8,11H,5-6,9-10H2,1-2H3,(H,24,28)(H,25,26). The molecule has 1 aromatic heterocycles. The fraction of sp³-hybridized carbons (Fsp3) is 0.350. The average Bonchev–Trinajstić information content (AvgIpc) is 2.96. The van der Waals surface area contributed by atoms with Crippen LogP contribution in [-0.2, 0) is 17.9 Å². The van der Waals surface area contributed by atoms with Gasteiger partial charge in [0.05, 0.1) is 17.8 Å². The Balaban J connectivity index is 1.62. The molecule has 0 aliphatic carbocycles. The van der Waals surface area contributed by atoms with Crippen molar-refractivity contribution < 1.29 is 22.8 Å². The van der Waals surface area contributed by atoms with Crippen molar-refractivity contribution in [2.45, 2.75) is 26.9 Å². The van der Waals surface area contributed by atoms with E-state index in [0.717, 1.165) is 0 Å². The van der Waals surface area contributed by atoms with E-state index in [2.05, 4.69) is 15.6 Å². The first-order chi connectivity index (χ1) is 13.8. The summed E-state index contributed by atoms with van der Waals surface area (Å²) in [5.74, 6) is -3.01. The Hall–Kier alpha value is -3.10. The highest BCUT2D eigenvalue weighted by atomic mass is 19.1. The number of hydrogen-bond donors (Lipinski definition) is 2. The van der Waals surface area contributed by atoms with Crippen molar-refractivity contribution in [2.24, 2.45) is 5.92 Å². The number of carbonyl (C=O) groups excluding carboxylic acids is 2. The fourth-order valence-electron chi connectivity index (χ4n) is 2.96. The number of amides is 2. The van der Waals surface area contributed by atoms with Crippen LogP contribution in [0.5, 0.6) is 0 Å². The van der Waals surface area contributed by atoms with Crippen LogP contribution in [0.2, 0.25) is 0 Å². The highest BCUT2D eigenvalue weighted by Crippen LogP contribution is 2.23. The monoisotopic (exact) mass is 406 g/mol. The number of benzene rings is 1. The Bertz CT molecular complexity index is 926. The maximum atomic E-state index is 13.7. The lowest BCUT2D eigenvalue weighted by atomic mass is 10.2. The molecule has 0 bridgehead atoms. The van der Waals surface area contributed by atoms with Gasteiger partial charge in [0.1, 0.15) is 23.3 Å². The molecule has 0 fully saturated rings. The number of carbonyl (C=O) groups is 2. The number of rotatable bonds is 7. The number of nitrogens with zero attached hydrogens (tertiary/aromatic N) is 2. The van der Waals surface area contributed by atoms with Crippen LogP contribution in [-0.4, -0.2) is 34.8 Å². The third-order valence-corrected chi connectivity index (χ3v) is 4.59. The molecule has 6 nitrogen and oxygen atoms in total. The van der Waals surface area contributed by atoms with Gasteiger partial charge in [-0.3, -0.25) is 9.59 Å². The van der Waals surface area contributed by atoms with Gasteiger partial charge in [-0.25, -0.2) is 18.2 Å². The minimum atomic E-state index is -0.985. The number of nitrogens with one attached hydrogen (secondary N) is 2. The SMILES string of the molecule is CC(C)C(=O)NCCN1Cc2nc(NCc3c(F)cc(F)cc3F)ccc2C1=O. The number of hydrogen-bond acceptors (Lipinski definition) is 4. The molecule has 2 aromatic rings. The second-order valence-corrected chi connectivity index (χ2v) is 7.06. The fourth-order valence-corrected chi connectivity index (χ4v) is 2.96. The van der Waals surface area contributed by atoms with Crippen molar-refractivity contribution in [1.82, 2.24) is 15.2 Å². The highest BCUT2D eigenvalue weighted by Gasteiger charge is 2.28. The van der Waals surface area contributed by atoms with E-state index in [1.807, 2.05) is 0 Å². The highest BCUT2D eigenvalue weighted by molar-refractivity contribution is 5.98. The Labute approximate surface area is 166 Å². The smallest absolute Gasteiger partial charge is 0.256 e. The van der Waals surface area contributed by atoms with E-state index in [4.69, 9.17) is 0 Å². The zero-order chi connectivity index (χ0) is 21.1. The summed E-state index contributed by atoms with van der Waals surface area (Å²) >= 11 is 0. The van der Waals surface area contributed by atoms with Crippen molar-refractivity contribution in [3.8, 4) is 0 Å². The number of anilines is 1. The zero-order valence-electron chi connectivity index (χ0n) is 16.1. The largest absolute Gasteiger partial charge is 0.366 e. The Morgan fingerprint density at radius 1 is 1.21 bits per heavy atom. The lowest BCUT2D eigenvalue weighted by Crippen LogP contribution is -2.36. The van der Waals surface area contributed by atoms with Crippen LogP contribution in [0.4, 0.5) is 19.0 Å². The molecule has 2 amide bonds. The van der Waals surface area contributed by atoms with E-state index in [1.165, 1.54) is 0 Å². The molecule has 154 valence electrons. The lowest BCUT2D eigenvalue weighted by molar-refractivity contribution is -0.124. The molecule has 2 heterocycles. The van der Waals surface area contributed by atoms with E-state index in [9.17, 15) is 22.8 Å². The summed E-state index contributed by atoms with van der Waals surface area (Å²) in [6, 6.07) is 4.37. The second kappa shape index (κ2) is 8.50. The van der Waals surface area contributed by atoms with Gasteiger partial charge < -0.3 is 15.5 Å². The van der Waals surface area contributed by atoms with Crippen LogP contribution < -0.4 is 10.6 Å². The molecule has 0 spiro atoms. The van der Waals surface area contributed by atoms with Crippen molar-refractivity contribution in [3.63, 3.8) is 0 Å². The van der Waals surface area contributed by atoms with Crippen LogP contribution in [0.15, 0.2) is 24.3 Å². The van der Waals surface area contributed by atoms with Crippen LogP contribution >= 0.6 is 0 Å². The zero-order valence-corrected chi connectivity index (χ0v) is 16.1. The Morgan fingerprint density at radius 3 is 2.55 bits per heavy atom. The van der Waals surface area contributed by atoms with Gasteiger partial charge in [-0.1, -0.05) is 13.8 Å². The summed E-state index contributed by atoms with van der Waals surface area (Å²) in [6.07, 6.45) is 0. The number of halogens is 3. The lowest BCUT2D eigenvalue weighted by Gasteiger charge is -2.16. The average molecular weight is 406 g/mol. The van der Waals surface area contributed by atoms with Crippen molar-refractivity contribution in [1.29, 1.82) is 0 Å². The quantitative estimate of drug-likeness (QED) is 0.742. The van der Waals surface area contributed by atoms with Gasteiger partial charge in [-0.2, -0.15) is 0 Å². The molecule has 0 atom stereocenters. The van der Waals surface area contributed by atoms with E-state index >= 15 is 0 Å². The molecular formula is C20H21F3N4O2. The van der Waals surface area contributed by atoms with Gasteiger partial charge in [0, 0.05) is 43.2 Å². The summed E-state index contributed by atoms with van der Waals surface area (Å²) in [4.78, 5) is 30.0. The van der Waals surface area contributed by atoms with E-state index in [-0.39, 0.29) is 36.4 Å². The van der Waals surface area contributed by atoms with Crippen molar-refractivity contribution >= 4 is 17.6 Å². The summed E-state index contributed by atoms with van der Waals surface area (Å²) in [6.45, 7) is 4.32. The third-order valence-electron chi connectivity index (χ3n) is 4.59. The second-order valence-electron chi connectivity index (χ2n) is 7.06. The molecule has 1 aromatic carbocycles. The maximum Gasteiger partial charge on any atom is 0.256 e. The minimum Gasteiger partial charge on any atom is -0.366 e. The van der Waals surface area contributed by atoms with Gasteiger partial charge in [0.25, 0.3) is 5.91 Å². The van der Waals surface area contributed by atoms with Crippen LogP contribution in [0.3, 0.4) is 0 Å². The minimum absolute atomic E-state index is 0.0842. The Morgan fingerprint density at radius 2 is 1.90 bits per heavy atom. The maximum absolute atomic E-state index is 13.7. The van der Waals surface area contributed by atoms with E-state index in [0.29, 0.717) is 42.3 Å². The van der Waals surface area contributed by atoms with Crippen molar-refractivity contribution in [2.75, 3.05) is 18.4 Å². The molecule has 0 saturated heterocycles. The molecule has 0 radical (unpaired) electrons. The molecule has 1 aliphatic rings. The molecule has 3 rings (SSSR count). The van der Waals surface area contributed by atoms with Crippen LogP contribution in [0.25, 0.3) is 0 Å². The van der Waals surface area contributed by atoms with Gasteiger partial charge in [-0.05, 0) is 12.1 Å². The molecule has 2 N–H and O–H groups in total. The first-order valence-electron chi connectivity index (χ1n) is 9.20. The molecular weight excluding hydrogens is 385 g/mol. The third kappa shape index (κ3) is 4.67. The topological polar surface area (TPSA) is 74.3 Å². The van der Waals surface area contributed by atoms with E-state index < -0.39 is 17.5 Å². The number of pyridine rings is 1. The Kier molecular flexibility index (Phi) is 6.05. The molecule has 29 heavy (non-hydrogen) atoms. The van der Waals surface area contributed by atoms with Gasteiger partial charge in [-0.15, -0.1) is 0 Å². The van der Waals surface area contributed by atoms with Crippen LogP contribution in [0.1, 0.15) is 35.5 Å². The number of fused-ring (bicyclic) bond motifs is 1.